The Kier molecular flexibility index (Phi) is 2.41. The summed E-state index contributed by atoms with van der Waals surface area (Å²) in [6, 6.07) is 0.527. The molecular weight excluding hydrogens is 244 g/mol. The average molecular weight is 257 g/mol. The normalized spacial score (nSPS) is 30.6. The van der Waals surface area contributed by atoms with Crippen LogP contribution in [0.2, 0.25) is 0 Å². The second kappa shape index (κ2) is 3.71. The molecule has 1 aromatic heterocycles. The van der Waals surface area contributed by atoms with Crippen molar-refractivity contribution >= 4 is 11.6 Å². The first kappa shape index (κ1) is 11.0. The van der Waals surface area contributed by atoms with Gasteiger partial charge in [0.05, 0.1) is 18.5 Å². The van der Waals surface area contributed by atoms with Crippen LogP contribution < -0.4 is 10.3 Å². The molecule has 17 heavy (non-hydrogen) atoms. The van der Waals surface area contributed by atoms with Crippen molar-refractivity contribution in [2.75, 3.05) is 19.1 Å². The highest BCUT2D eigenvalue weighted by atomic mass is 35.5. The van der Waals surface area contributed by atoms with Gasteiger partial charge in [0, 0.05) is 18.2 Å². The third-order valence-electron chi connectivity index (χ3n) is 3.38. The molecule has 1 saturated heterocycles. The summed E-state index contributed by atoms with van der Waals surface area (Å²) in [4.78, 5) is 15.4. The fourth-order valence-corrected chi connectivity index (χ4v) is 2.61. The smallest absolute Gasteiger partial charge is 0.300 e. The van der Waals surface area contributed by atoms with E-state index in [1.165, 1.54) is 0 Å². The zero-order valence-electron chi connectivity index (χ0n) is 9.48. The van der Waals surface area contributed by atoms with Crippen molar-refractivity contribution in [3.63, 3.8) is 0 Å². The van der Waals surface area contributed by atoms with Gasteiger partial charge in [-0.25, -0.2) is 0 Å². The largest absolute Gasteiger partial charge is 0.461 e. The van der Waals surface area contributed by atoms with E-state index in [0.717, 1.165) is 6.42 Å². The highest BCUT2D eigenvalue weighted by molar-refractivity contribution is 6.18. The molecule has 0 amide bonds. The van der Waals surface area contributed by atoms with Crippen LogP contribution in [0.3, 0.4) is 0 Å². The Morgan fingerprint density at radius 3 is 3.29 bits per heavy atom. The molecule has 3 rings (SSSR count). The second-order valence-electron chi connectivity index (χ2n) is 4.69. The standard InChI is InChI=1S/C11H13ClN2O3/c1-7-3-14-8-2-11(5-12,17-4-8)6-16-10(14)13-9(7)15/h3,8H,2,4-6H2,1H3/t8?,11-/m1/s1. The fourth-order valence-electron chi connectivity index (χ4n) is 2.35. The van der Waals surface area contributed by atoms with E-state index in [1.807, 2.05) is 4.57 Å². The Morgan fingerprint density at radius 2 is 2.53 bits per heavy atom. The van der Waals surface area contributed by atoms with E-state index in [9.17, 15) is 4.79 Å². The molecule has 3 heterocycles. The van der Waals surface area contributed by atoms with Gasteiger partial charge in [-0.15, -0.1) is 11.6 Å². The van der Waals surface area contributed by atoms with E-state index >= 15 is 0 Å². The lowest BCUT2D eigenvalue weighted by molar-refractivity contribution is -0.0207. The maximum Gasteiger partial charge on any atom is 0.300 e. The topological polar surface area (TPSA) is 53.4 Å². The van der Waals surface area contributed by atoms with Crippen LogP contribution in [-0.4, -0.2) is 34.2 Å². The van der Waals surface area contributed by atoms with E-state index in [-0.39, 0.29) is 11.6 Å². The molecule has 2 aliphatic rings. The van der Waals surface area contributed by atoms with Gasteiger partial charge >= 0.3 is 0 Å². The van der Waals surface area contributed by atoms with E-state index in [4.69, 9.17) is 21.1 Å². The first-order valence-corrected chi connectivity index (χ1v) is 6.09. The number of ether oxygens (including phenoxy) is 2. The molecule has 1 unspecified atom stereocenters. The van der Waals surface area contributed by atoms with Crippen LogP contribution in [0.5, 0.6) is 6.01 Å². The van der Waals surface area contributed by atoms with Crippen LogP contribution in [-0.2, 0) is 4.74 Å². The Balaban J connectivity index is 2.08. The SMILES string of the molecule is Cc1cn2c(nc1=O)OC[C@]1(CCl)CC2CO1. The molecule has 92 valence electrons. The first-order valence-electron chi connectivity index (χ1n) is 5.56. The van der Waals surface area contributed by atoms with Gasteiger partial charge in [-0.1, -0.05) is 0 Å². The van der Waals surface area contributed by atoms with Crippen LogP contribution in [0.15, 0.2) is 11.0 Å². The molecule has 1 fully saturated rings. The summed E-state index contributed by atoms with van der Waals surface area (Å²) in [6.45, 7) is 2.69. The van der Waals surface area contributed by atoms with Crippen LogP contribution in [0, 0.1) is 6.92 Å². The van der Waals surface area contributed by atoms with Gasteiger partial charge in [0.2, 0.25) is 0 Å². The molecule has 0 spiro atoms. The number of nitrogens with zero attached hydrogens (tertiary/aromatic N) is 2. The van der Waals surface area contributed by atoms with Crippen molar-refractivity contribution in [2.45, 2.75) is 25.0 Å². The Bertz CT molecular complexity index is 516. The lowest BCUT2D eigenvalue weighted by atomic mass is 10.0. The summed E-state index contributed by atoms with van der Waals surface area (Å²) in [5.74, 6) is 0.390. The van der Waals surface area contributed by atoms with Crippen molar-refractivity contribution in [3.05, 3.63) is 22.1 Å². The Morgan fingerprint density at radius 1 is 1.71 bits per heavy atom. The lowest BCUT2D eigenvalue weighted by Gasteiger charge is -2.24. The van der Waals surface area contributed by atoms with E-state index in [2.05, 4.69) is 4.98 Å². The van der Waals surface area contributed by atoms with Crippen molar-refractivity contribution in [1.29, 1.82) is 0 Å². The molecule has 2 atom stereocenters. The minimum atomic E-state index is -0.434. The summed E-state index contributed by atoms with van der Waals surface area (Å²) in [5, 5.41) is 0. The zero-order valence-corrected chi connectivity index (χ0v) is 10.2. The van der Waals surface area contributed by atoms with Gasteiger partial charge in [0.1, 0.15) is 12.2 Å². The molecule has 5 nitrogen and oxygen atoms in total. The minimum absolute atomic E-state index is 0.151. The van der Waals surface area contributed by atoms with Crippen molar-refractivity contribution < 1.29 is 9.47 Å². The van der Waals surface area contributed by atoms with Crippen molar-refractivity contribution in [3.8, 4) is 6.01 Å². The molecule has 6 heteroatoms. The Hall–Kier alpha value is -1.07. The summed E-state index contributed by atoms with van der Waals surface area (Å²) in [5.41, 5.74) is -0.0610. The molecule has 2 aliphatic heterocycles. The number of hydrogen-bond acceptors (Lipinski definition) is 4. The molecule has 0 radical (unpaired) electrons. The predicted octanol–water partition coefficient (Wildman–Crippen LogP) is 0.883. The first-order chi connectivity index (χ1) is 8.13. The predicted molar refractivity (Wildman–Crippen MR) is 61.8 cm³/mol. The number of aryl methyl sites for hydroxylation is 1. The van der Waals surface area contributed by atoms with Gasteiger partial charge in [0.15, 0.2) is 0 Å². The maximum atomic E-state index is 11.5. The number of aromatic nitrogens is 2. The number of halogens is 1. The minimum Gasteiger partial charge on any atom is -0.461 e. The highest BCUT2D eigenvalue weighted by Gasteiger charge is 2.44. The van der Waals surface area contributed by atoms with Gasteiger partial charge < -0.3 is 9.47 Å². The van der Waals surface area contributed by atoms with Gasteiger partial charge in [-0.05, 0) is 6.92 Å². The summed E-state index contributed by atoms with van der Waals surface area (Å²) >= 11 is 5.95. The number of rotatable bonds is 1. The zero-order chi connectivity index (χ0) is 12.0. The molecule has 2 bridgehead atoms. The number of alkyl halides is 1. The van der Waals surface area contributed by atoms with Crippen molar-refractivity contribution in [2.24, 2.45) is 0 Å². The molecule has 0 aromatic carbocycles. The van der Waals surface area contributed by atoms with Crippen LogP contribution in [0.25, 0.3) is 0 Å². The summed E-state index contributed by atoms with van der Waals surface area (Å²) in [7, 11) is 0. The monoisotopic (exact) mass is 256 g/mol. The third-order valence-corrected chi connectivity index (χ3v) is 3.87. The quantitative estimate of drug-likeness (QED) is 0.700. The fraction of sp³-hybridized carbons (Fsp3) is 0.636. The maximum absolute atomic E-state index is 11.5. The van der Waals surface area contributed by atoms with E-state index < -0.39 is 5.60 Å². The molecule has 0 aliphatic carbocycles. The van der Waals surface area contributed by atoms with Crippen LogP contribution >= 0.6 is 11.6 Å². The van der Waals surface area contributed by atoms with Gasteiger partial charge in [-0.2, -0.15) is 4.98 Å². The lowest BCUT2D eigenvalue weighted by Crippen LogP contribution is -2.37. The average Bonchev–Trinajstić information content (AvgIpc) is 2.68. The highest BCUT2D eigenvalue weighted by Crippen LogP contribution is 2.38. The molecular formula is C11H13ClN2O3. The van der Waals surface area contributed by atoms with Crippen molar-refractivity contribution in [1.82, 2.24) is 9.55 Å². The van der Waals surface area contributed by atoms with Gasteiger partial charge in [0.25, 0.3) is 11.6 Å². The number of hydrogen-bond donors (Lipinski definition) is 0. The van der Waals surface area contributed by atoms with Gasteiger partial charge in [-0.3, -0.25) is 9.36 Å². The molecule has 0 saturated carbocycles. The summed E-state index contributed by atoms with van der Waals surface area (Å²) < 4.78 is 13.2. The number of fused-ring (bicyclic) bond motifs is 4. The second-order valence-corrected chi connectivity index (χ2v) is 4.96. The molecule has 0 N–H and O–H groups in total. The third kappa shape index (κ3) is 1.65. The summed E-state index contributed by atoms with van der Waals surface area (Å²) in [6.07, 6.45) is 2.59. The molecule has 1 aromatic rings. The Labute approximate surface area is 103 Å². The van der Waals surface area contributed by atoms with E-state index in [1.54, 1.807) is 13.1 Å². The van der Waals surface area contributed by atoms with Crippen LogP contribution in [0.1, 0.15) is 18.0 Å². The van der Waals surface area contributed by atoms with E-state index in [0.29, 0.717) is 30.7 Å². The van der Waals surface area contributed by atoms with Crippen LogP contribution in [0.4, 0.5) is 0 Å².